The highest BCUT2D eigenvalue weighted by Crippen LogP contribution is 2.22. The Morgan fingerprint density at radius 2 is 0.600 bits per heavy atom. The standard InChI is InChI=1S/C22H48O6Si2/c1-7-15-23-29(24-16-8-2,25-17-9-3)21-13-14-22-30(26-18-10-4,27-19-11-5)28-20-12-6/h13-14H,7-12,15-22H2,1-6H3. The van der Waals surface area contributed by atoms with Crippen LogP contribution in [0.25, 0.3) is 0 Å². The molecule has 0 spiro atoms. The first kappa shape index (κ1) is 29.9. The molecule has 0 heterocycles. The fourth-order valence-electron chi connectivity index (χ4n) is 2.60. The van der Waals surface area contributed by atoms with E-state index in [9.17, 15) is 0 Å². The van der Waals surface area contributed by atoms with Crippen LogP contribution in [0.2, 0.25) is 12.1 Å². The predicted octanol–water partition coefficient (Wildman–Crippen LogP) is 5.98. The molecule has 0 aromatic heterocycles. The summed E-state index contributed by atoms with van der Waals surface area (Å²) in [6, 6.07) is 1.32. The van der Waals surface area contributed by atoms with E-state index in [1.807, 2.05) is 0 Å². The van der Waals surface area contributed by atoms with Gasteiger partial charge in [-0.2, -0.15) is 0 Å². The molecule has 0 aliphatic heterocycles. The molecule has 0 bridgehead atoms. The van der Waals surface area contributed by atoms with Crippen LogP contribution < -0.4 is 0 Å². The monoisotopic (exact) mass is 464 g/mol. The Kier molecular flexibility index (Phi) is 19.6. The van der Waals surface area contributed by atoms with Gasteiger partial charge in [0.25, 0.3) is 0 Å². The van der Waals surface area contributed by atoms with Crippen LogP contribution in [-0.2, 0) is 26.6 Å². The Labute approximate surface area is 188 Å². The van der Waals surface area contributed by atoms with Crippen molar-refractivity contribution in [2.45, 2.75) is 92.2 Å². The summed E-state index contributed by atoms with van der Waals surface area (Å²) in [4.78, 5) is 0. The molecule has 0 amide bonds. The van der Waals surface area contributed by atoms with Crippen molar-refractivity contribution in [1.29, 1.82) is 0 Å². The minimum atomic E-state index is -2.72. The first-order valence-electron chi connectivity index (χ1n) is 12.1. The maximum Gasteiger partial charge on any atom is 0.504 e. The summed E-state index contributed by atoms with van der Waals surface area (Å²) >= 11 is 0. The average Bonchev–Trinajstić information content (AvgIpc) is 2.77. The Balaban J connectivity index is 5.27. The van der Waals surface area contributed by atoms with E-state index < -0.39 is 17.6 Å². The molecule has 0 saturated carbocycles. The maximum atomic E-state index is 6.17. The van der Waals surface area contributed by atoms with Gasteiger partial charge in [-0.25, -0.2) is 0 Å². The Morgan fingerprint density at radius 1 is 0.400 bits per heavy atom. The molecule has 0 aliphatic rings. The molecule has 0 aromatic rings. The zero-order chi connectivity index (χ0) is 22.6. The molecule has 0 aliphatic carbocycles. The van der Waals surface area contributed by atoms with Crippen LogP contribution in [0.1, 0.15) is 80.1 Å². The lowest BCUT2D eigenvalue weighted by atomic mass is 10.5. The highest BCUT2D eigenvalue weighted by atomic mass is 28.4. The van der Waals surface area contributed by atoms with Crippen molar-refractivity contribution >= 4 is 17.6 Å². The van der Waals surface area contributed by atoms with Crippen molar-refractivity contribution in [3.63, 3.8) is 0 Å². The van der Waals surface area contributed by atoms with Gasteiger partial charge in [-0.15, -0.1) is 0 Å². The largest absolute Gasteiger partial charge is 0.504 e. The van der Waals surface area contributed by atoms with E-state index in [4.69, 9.17) is 26.6 Å². The summed E-state index contributed by atoms with van der Waals surface area (Å²) in [6.07, 6.45) is 9.91. The lowest BCUT2D eigenvalue weighted by molar-refractivity contribution is 0.0605. The third-order valence-corrected chi connectivity index (χ3v) is 9.39. The second kappa shape index (κ2) is 19.6. The molecule has 0 aromatic carbocycles. The second-order valence-corrected chi connectivity index (χ2v) is 12.6. The van der Waals surface area contributed by atoms with E-state index in [1.165, 1.54) is 0 Å². The summed E-state index contributed by atoms with van der Waals surface area (Å²) in [5.74, 6) is 0. The molecule has 0 fully saturated rings. The molecule has 6 nitrogen and oxygen atoms in total. The predicted molar refractivity (Wildman–Crippen MR) is 128 cm³/mol. The number of rotatable bonds is 22. The molecule has 0 rings (SSSR count). The topological polar surface area (TPSA) is 55.4 Å². The number of hydrogen-bond donors (Lipinski definition) is 0. The van der Waals surface area contributed by atoms with E-state index in [0.717, 1.165) is 38.5 Å². The van der Waals surface area contributed by atoms with E-state index in [2.05, 4.69) is 53.7 Å². The molecule has 180 valence electrons. The van der Waals surface area contributed by atoms with Crippen LogP contribution in [-0.4, -0.2) is 57.3 Å². The average molecular weight is 465 g/mol. The molecule has 30 heavy (non-hydrogen) atoms. The summed E-state index contributed by atoms with van der Waals surface area (Å²) < 4.78 is 37.0. The molecule has 0 saturated heterocycles. The van der Waals surface area contributed by atoms with Crippen LogP contribution in [0.3, 0.4) is 0 Å². The first-order valence-corrected chi connectivity index (χ1v) is 15.9. The zero-order valence-electron chi connectivity index (χ0n) is 20.5. The van der Waals surface area contributed by atoms with Crippen molar-refractivity contribution < 1.29 is 26.6 Å². The van der Waals surface area contributed by atoms with Gasteiger partial charge in [-0.05, 0) is 38.5 Å². The Bertz CT molecular complexity index is 330. The van der Waals surface area contributed by atoms with Crippen LogP contribution in [0.5, 0.6) is 0 Å². The highest BCUT2D eigenvalue weighted by molar-refractivity contribution is 6.62. The smallest absolute Gasteiger partial charge is 0.373 e. The summed E-state index contributed by atoms with van der Waals surface area (Å²) in [7, 11) is -5.45. The summed E-state index contributed by atoms with van der Waals surface area (Å²) in [6.45, 7) is 16.6. The van der Waals surface area contributed by atoms with Gasteiger partial charge in [0.15, 0.2) is 0 Å². The SMILES string of the molecule is CCCO[Si](CC=CC[Si](OCCC)(OCCC)OCCC)(OCCC)OCCC. The molecular weight excluding hydrogens is 416 g/mol. The third kappa shape index (κ3) is 13.4. The van der Waals surface area contributed by atoms with Gasteiger partial charge in [-0.3, -0.25) is 0 Å². The third-order valence-electron chi connectivity index (χ3n) is 4.06. The summed E-state index contributed by atoms with van der Waals surface area (Å²) in [5, 5.41) is 0. The molecule has 0 unspecified atom stereocenters. The van der Waals surface area contributed by atoms with Crippen LogP contribution >= 0.6 is 0 Å². The van der Waals surface area contributed by atoms with Gasteiger partial charge in [0.2, 0.25) is 0 Å². The number of allylic oxidation sites excluding steroid dienone is 2. The lowest BCUT2D eigenvalue weighted by Gasteiger charge is -2.30. The molecule has 0 radical (unpaired) electrons. The fourth-order valence-corrected chi connectivity index (χ4v) is 7.81. The van der Waals surface area contributed by atoms with Crippen molar-refractivity contribution in [1.82, 2.24) is 0 Å². The van der Waals surface area contributed by atoms with Gasteiger partial charge in [0.05, 0.1) is 0 Å². The second-order valence-electron chi connectivity index (χ2n) is 7.34. The van der Waals surface area contributed by atoms with Crippen molar-refractivity contribution in [2.24, 2.45) is 0 Å². The Hall–Kier alpha value is -0.0662. The number of hydrogen-bond acceptors (Lipinski definition) is 6. The van der Waals surface area contributed by atoms with Crippen LogP contribution in [0, 0.1) is 0 Å². The quantitative estimate of drug-likeness (QED) is 0.145. The van der Waals surface area contributed by atoms with Gasteiger partial charge in [-0.1, -0.05) is 53.7 Å². The van der Waals surface area contributed by atoms with E-state index in [0.29, 0.717) is 51.7 Å². The zero-order valence-corrected chi connectivity index (χ0v) is 22.5. The van der Waals surface area contributed by atoms with Crippen LogP contribution in [0.15, 0.2) is 12.2 Å². The minimum absolute atomic E-state index is 0.658. The van der Waals surface area contributed by atoms with Gasteiger partial charge in [0, 0.05) is 51.7 Å². The maximum absolute atomic E-state index is 6.17. The van der Waals surface area contributed by atoms with Gasteiger partial charge in [0.1, 0.15) is 0 Å². The van der Waals surface area contributed by atoms with Crippen molar-refractivity contribution in [2.75, 3.05) is 39.6 Å². The fraction of sp³-hybridized carbons (Fsp3) is 0.909. The molecule has 8 heteroatoms. The van der Waals surface area contributed by atoms with E-state index in [-0.39, 0.29) is 0 Å². The van der Waals surface area contributed by atoms with Gasteiger partial charge < -0.3 is 26.6 Å². The normalized spacial score (nSPS) is 12.9. The van der Waals surface area contributed by atoms with Gasteiger partial charge >= 0.3 is 17.6 Å². The lowest BCUT2D eigenvalue weighted by Crippen LogP contribution is -2.47. The van der Waals surface area contributed by atoms with Crippen molar-refractivity contribution in [3.05, 3.63) is 12.2 Å². The highest BCUT2D eigenvalue weighted by Gasteiger charge is 2.41. The van der Waals surface area contributed by atoms with E-state index >= 15 is 0 Å². The summed E-state index contributed by atoms with van der Waals surface area (Å²) in [5.41, 5.74) is 0. The molecule has 0 N–H and O–H groups in total. The Morgan fingerprint density at radius 3 is 0.767 bits per heavy atom. The molecular formula is C22H48O6Si2. The first-order chi connectivity index (χ1) is 14.6. The van der Waals surface area contributed by atoms with Crippen LogP contribution in [0.4, 0.5) is 0 Å². The van der Waals surface area contributed by atoms with E-state index in [1.54, 1.807) is 0 Å². The molecule has 0 atom stereocenters. The minimum Gasteiger partial charge on any atom is -0.373 e. The van der Waals surface area contributed by atoms with Crippen molar-refractivity contribution in [3.8, 4) is 0 Å².